The van der Waals surface area contributed by atoms with Gasteiger partial charge in [-0.15, -0.1) is 0 Å². The number of sulfonamides is 1. The smallest absolute Gasteiger partial charge is 0.308 e. The third-order valence-corrected chi connectivity index (χ3v) is 12.6. The molecule has 0 aromatic heterocycles. The lowest BCUT2D eigenvalue weighted by molar-refractivity contribution is -0.132. The second-order valence-corrected chi connectivity index (χ2v) is 15.9. The van der Waals surface area contributed by atoms with Gasteiger partial charge in [0.2, 0.25) is 10.0 Å². The van der Waals surface area contributed by atoms with Crippen LogP contribution in [0.25, 0.3) is 0 Å². The van der Waals surface area contributed by atoms with Crippen molar-refractivity contribution in [1.82, 2.24) is 9.21 Å². The summed E-state index contributed by atoms with van der Waals surface area (Å²) in [5, 5.41) is 11.3. The molecule has 2 aliphatic carbocycles. The van der Waals surface area contributed by atoms with Crippen LogP contribution in [0.15, 0.2) is 66.7 Å². The number of hydrogen-bond donors (Lipinski definition) is 1. The van der Waals surface area contributed by atoms with E-state index >= 15 is 0 Å². The molecule has 1 saturated carbocycles. The quantitative estimate of drug-likeness (QED) is 0.232. The molecule has 3 aromatic carbocycles. The zero-order chi connectivity index (χ0) is 32.2. The summed E-state index contributed by atoms with van der Waals surface area (Å²) in [4.78, 5) is 14.8. The Balaban J connectivity index is 1.30. The molecule has 5 atom stereocenters. The fourth-order valence-corrected chi connectivity index (χ4v) is 11.0. The second kappa shape index (κ2) is 12.0. The Bertz CT molecular complexity index is 1710. The van der Waals surface area contributed by atoms with Crippen molar-refractivity contribution in [2.75, 3.05) is 19.6 Å². The average Bonchev–Trinajstić information content (AvgIpc) is 3.36. The lowest BCUT2D eigenvalue weighted by Gasteiger charge is -2.60. The summed E-state index contributed by atoms with van der Waals surface area (Å²) >= 11 is 0. The summed E-state index contributed by atoms with van der Waals surface area (Å²) in [5.41, 5.74) is 3.41. The van der Waals surface area contributed by atoms with Gasteiger partial charge in [-0.1, -0.05) is 74.5 Å². The maximum absolute atomic E-state index is 14.3. The molecule has 9 heteroatoms. The molecule has 8 nitrogen and oxygen atoms in total. The number of ether oxygens (including phenoxy) is 2. The first-order valence-corrected chi connectivity index (χ1v) is 18.2. The number of carbonyl (C=O) groups excluding carboxylic acids is 1. The molecule has 244 valence electrons. The summed E-state index contributed by atoms with van der Waals surface area (Å²) in [6, 6.07) is 21.2. The van der Waals surface area contributed by atoms with Crippen LogP contribution in [-0.2, 0) is 38.8 Å². The van der Waals surface area contributed by atoms with Crippen LogP contribution in [0.3, 0.4) is 0 Å². The minimum atomic E-state index is -3.71. The topological polar surface area (TPSA) is 96.4 Å². The number of piperidine rings is 1. The molecule has 2 aliphatic heterocycles. The fraction of sp³-hybridized carbons (Fsp3) is 0.486. The van der Waals surface area contributed by atoms with Gasteiger partial charge in [0.1, 0.15) is 11.9 Å². The number of hydrogen-bond acceptors (Lipinski definition) is 7. The van der Waals surface area contributed by atoms with Crippen molar-refractivity contribution in [1.29, 1.82) is 0 Å². The largest absolute Gasteiger partial charge is 0.504 e. The van der Waals surface area contributed by atoms with Crippen LogP contribution < -0.4 is 9.47 Å². The lowest BCUT2D eigenvalue weighted by Crippen LogP contribution is -2.69. The van der Waals surface area contributed by atoms with Gasteiger partial charge in [0, 0.05) is 48.7 Å². The van der Waals surface area contributed by atoms with Gasteiger partial charge in [-0.2, -0.15) is 4.31 Å². The van der Waals surface area contributed by atoms with Gasteiger partial charge < -0.3 is 14.6 Å². The first-order chi connectivity index (χ1) is 22.1. The van der Waals surface area contributed by atoms with Gasteiger partial charge in [0.15, 0.2) is 11.5 Å². The van der Waals surface area contributed by atoms with E-state index in [0.29, 0.717) is 30.9 Å². The van der Waals surface area contributed by atoms with E-state index in [1.807, 2.05) is 36.4 Å². The molecule has 1 N–H and O–H groups in total. The Morgan fingerprint density at radius 3 is 2.46 bits per heavy atom. The van der Waals surface area contributed by atoms with E-state index in [2.05, 4.69) is 43.0 Å². The number of rotatable bonds is 10. The maximum Gasteiger partial charge on any atom is 0.308 e. The van der Waals surface area contributed by atoms with Crippen molar-refractivity contribution >= 4 is 16.0 Å². The number of esters is 1. The molecule has 2 bridgehead atoms. The molecule has 2 heterocycles. The predicted molar refractivity (Wildman–Crippen MR) is 176 cm³/mol. The van der Waals surface area contributed by atoms with E-state index in [1.54, 1.807) is 4.31 Å². The van der Waals surface area contributed by atoms with Gasteiger partial charge in [-0.05, 0) is 61.6 Å². The van der Waals surface area contributed by atoms with Crippen LogP contribution in [-0.4, -0.2) is 66.5 Å². The molecule has 3 aromatic rings. The highest BCUT2D eigenvalue weighted by Gasteiger charge is 2.67. The molecule has 2 fully saturated rings. The Hall–Kier alpha value is -3.40. The standard InChI is InChI=1S/C37H44N2O6S/c1-24(2)22-39(46(42,43)23-27-12-8-5-9-13-27)30-15-14-29-31-20-28-33(44-25(3)40)21-32(41)35-34(28)37(29,36(30)45-35)17-19-38(31)18-16-26-10-6-4-7-11-26/h4-13,21,24,29-31,36,41H,14-20,22-23H2,1-3H3/t29-,30+,31+,36-,37-/m0/s1. The van der Waals surface area contributed by atoms with Gasteiger partial charge in [-0.3, -0.25) is 9.69 Å². The Labute approximate surface area is 272 Å². The average molecular weight is 645 g/mol. The third kappa shape index (κ3) is 5.30. The lowest BCUT2D eigenvalue weighted by atomic mass is 9.51. The van der Waals surface area contributed by atoms with Crippen LogP contribution >= 0.6 is 0 Å². The molecule has 1 spiro atoms. The number of nitrogens with zero attached hydrogens (tertiary/aromatic N) is 2. The van der Waals surface area contributed by atoms with Crippen LogP contribution in [0.4, 0.5) is 0 Å². The van der Waals surface area contributed by atoms with E-state index in [4.69, 9.17) is 9.47 Å². The molecular weight excluding hydrogens is 600 g/mol. The van der Waals surface area contributed by atoms with Crippen molar-refractivity contribution in [3.63, 3.8) is 0 Å². The number of benzene rings is 3. The van der Waals surface area contributed by atoms with Gasteiger partial charge in [0.05, 0.1) is 11.8 Å². The minimum absolute atomic E-state index is 0.0521. The number of aromatic hydroxyl groups is 1. The highest BCUT2D eigenvalue weighted by molar-refractivity contribution is 7.88. The van der Waals surface area contributed by atoms with Crippen molar-refractivity contribution in [3.05, 3.63) is 89.0 Å². The summed E-state index contributed by atoms with van der Waals surface area (Å²) in [7, 11) is -3.71. The van der Waals surface area contributed by atoms with E-state index < -0.39 is 27.5 Å². The third-order valence-electron chi connectivity index (χ3n) is 10.7. The van der Waals surface area contributed by atoms with Crippen molar-refractivity contribution in [2.24, 2.45) is 11.8 Å². The highest BCUT2D eigenvalue weighted by atomic mass is 32.2. The zero-order valence-corrected chi connectivity index (χ0v) is 27.7. The van der Waals surface area contributed by atoms with Crippen LogP contribution in [0, 0.1) is 11.8 Å². The molecule has 0 unspecified atom stereocenters. The van der Waals surface area contributed by atoms with Gasteiger partial charge >= 0.3 is 5.97 Å². The van der Waals surface area contributed by atoms with E-state index in [0.717, 1.165) is 49.0 Å². The normalized spacial score (nSPS) is 26.5. The molecule has 0 radical (unpaired) electrons. The first-order valence-electron chi connectivity index (χ1n) is 16.6. The van der Waals surface area contributed by atoms with Crippen molar-refractivity contribution < 1.29 is 27.8 Å². The number of likely N-dealkylation sites (tertiary alicyclic amines) is 1. The fourth-order valence-electron chi connectivity index (χ4n) is 9.07. The zero-order valence-electron chi connectivity index (χ0n) is 26.9. The summed E-state index contributed by atoms with van der Waals surface area (Å²) in [5.74, 6) is 0.598. The molecular formula is C37H44N2O6S. The first kappa shape index (κ1) is 31.2. The Morgan fingerprint density at radius 2 is 1.78 bits per heavy atom. The molecule has 0 amide bonds. The van der Waals surface area contributed by atoms with E-state index in [9.17, 15) is 18.3 Å². The van der Waals surface area contributed by atoms with Crippen LogP contribution in [0.2, 0.25) is 0 Å². The summed E-state index contributed by atoms with van der Waals surface area (Å²) < 4.78 is 42.9. The number of phenolic OH excluding ortho intramolecular Hbond substituents is 1. The SMILES string of the molecule is CC(=O)Oc1cc(O)c2c3c1C[C@@H]1[C@@H]4CC[C@@H](N(CC(C)C)S(=O)(=O)Cc5ccccc5)[C@H](O2)[C@]34CCN1CCc1ccccc1. The Kier molecular flexibility index (Phi) is 8.14. The Morgan fingerprint density at radius 1 is 1.09 bits per heavy atom. The van der Waals surface area contributed by atoms with E-state index in [1.165, 1.54) is 18.6 Å². The predicted octanol–water partition coefficient (Wildman–Crippen LogP) is 5.46. The highest BCUT2D eigenvalue weighted by Crippen LogP contribution is 2.65. The monoisotopic (exact) mass is 644 g/mol. The minimum Gasteiger partial charge on any atom is -0.504 e. The molecule has 1 saturated heterocycles. The van der Waals surface area contributed by atoms with Crippen molar-refractivity contribution in [2.45, 2.75) is 82.2 Å². The van der Waals surface area contributed by atoms with Crippen LogP contribution in [0.1, 0.15) is 62.3 Å². The van der Waals surface area contributed by atoms with Crippen LogP contribution in [0.5, 0.6) is 17.2 Å². The number of phenols is 1. The second-order valence-electron chi connectivity index (χ2n) is 14.0. The van der Waals surface area contributed by atoms with Gasteiger partial charge in [-0.25, -0.2) is 8.42 Å². The van der Waals surface area contributed by atoms with Crippen molar-refractivity contribution in [3.8, 4) is 17.2 Å². The van der Waals surface area contributed by atoms with E-state index in [-0.39, 0.29) is 35.4 Å². The summed E-state index contributed by atoms with van der Waals surface area (Å²) in [6.07, 6.45) is 3.48. The number of carbonyl (C=O) groups is 1. The summed E-state index contributed by atoms with van der Waals surface area (Å²) in [6.45, 7) is 7.63. The maximum atomic E-state index is 14.3. The molecule has 7 rings (SSSR count). The molecule has 4 aliphatic rings. The van der Waals surface area contributed by atoms with Gasteiger partial charge in [0.25, 0.3) is 0 Å². The molecule has 46 heavy (non-hydrogen) atoms.